The Hall–Kier alpha value is -2.13. The van der Waals surface area contributed by atoms with E-state index in [4.69, 9.17) is 4.74 Å². The Morgan fingerprint density at radius 3 is 2.78 bits per heavy atom. The molecule has 1 aliphatic carbocycles. The largest absolute Gasteiger partial charge is 0.426 e. The fourth-order valence-electron chi connectivity index (χ4n) is 4.73. The molecule has 3 nitrogen and oxygen atoms in total. The molecule has 1 heterocycles. The van der Waals surface area contributed by atoms with Crippen molar-refractivity contribution < 1.29 is 9.53 Å². The summed E-state index contributed by atoms with van der Waals surface area (Å²) in [6.07, 6.45) is 4.54. The van der Waals surface area contributed by atoms with Gasteiger partial charge < -0.3 is 4.74 Å². The lowest BCUT2D eigenvalue weighted by molar-refractivity contribution is -0.134. The molecular weight excluding hydrogens is 334 g/mol. The standard InChI is InChI=1S/C24H29NO2/c1-4-7-21(26)27-24-16(3)10-11-18-15-20-22-17(12-14-25(20)13-5-2)8-6-9-19(22)23(18)24/h6,8-11,20H,4-5,7,12-15H2,1-3H3. The highest BCUT2D eigenvalue weighted by Gasteiger charge is 2.35. The van der Waals surface area contributed by atoms with Gasteiger partial charge in [0, 0.05) is 24.6 Å². The third kappa shape index (κ3) is 3.19. The van der Waals surface area contributed by atoms with Crippen LogP contribution in [0.1, 0.15) is 61.4 Å². The predicted octanol–water partition coefficient (Wildman–Crippen LogP) is 5.23. The number of rotatable bonds is 5. The number of aryl methyl sites for hydroxylation is 1. The fourth-order valence-corrected chi connectivity index (χ4v) is 4.73. The molecule has 0 radical (unpaired) electrons. The number of hydrogen-bond acceptors (Lipinski definition) is 3. The van der Waals surface area contributed by atoms with Gasteiger partial charge in [-0.05, 0) is 67.0 Å². The summed E-state index contributed by atoms with van der Waals surface area (Å²) in [7, 11) is 0. The zero-order valence-electron chi connectivity index (χ0n) is 16.7. The fraction of sp³-hybridized carbons (Fsp3) is 0.458. The molecule has 1 atom stereocenters. The predicted molar refractivity (Wildman–Crippen MR) is 109 cm³/mol. The van der Waals surface area contributed by atoms with E-state index in [-0.39, 0.29) is 5.97 Å². The molecule has 1 aliphatic heterocycles. The van der Waals surface area contributed by atoms with Crippen molar-refractivity contribution in [1.82, 2.24) is 4.90 Å². The number of benzene rings is 2. The third-order valence-corrected chi connectivity index (χ3v) is 5.94. The number of carbonyl (C=O) groups excluding carboxylic acids is 1. The topological polar surface area (TPSA) is 29.5 Å². The summed E-state index contributed by atoms with van der Waals surface area (Å²) in [5.74, 6) is 0.638. The van der Waals surface area contributed by atoms with Gasteiger partial charge in [-0.25, -0.2) is 0 Å². The number of hydrogen-bond donors (Lipinski definition) is 0. The van der Waals surface area contributed by atoms with Crippen LogP contribution in [0.2, 0.25) is 0 Å². The molecule has 2 aromatic carbocycles. The summed E-state index contributed by atoms with van der Waals surface area (Å²) in [5, 5.41) is 0. The maximum Gasteiger partial charge on any atom is 0.311 e. The van der Waals surface area contributed by atoms with Gasteiger partial charge in [0.15, 0.2) is 0 Å². The van der Waals surface area contributed by atoms with Crippen LogP contribution < -0.4 is 4.74 Å². The quantitative estimate of drug-likeness (QED) is 0.538. The van der Waals surface area contributed by atoms with Crippen molar-refractivity contribution in [3.8, 4) is 16.9 Å². The molecule has 1 unspecified atom stereocenters. The first-order valence-electron chi connectivity index (χ1n) is 10.3. The molecule has 3 heteroatoms. The van der Waals surface area contributed by atoms with Gasteiger partial charge in [0.05, 0.1) is 0 Å². The van der Waals surface area contributed by atoms with Gasteiger partial charge in [-0.15, -0.1) is 0 Å². The molecule has 2 aliphatic rings. The van der Waals surface area contributed by atoms with E-state index >= 15 is 0 Å². The van der Waals surface area contributed by atoms with Crippen LogP contribution in [0.3, 0.4) is 0 Å². The molecule has 0 aromatic heterocycles. The SMILES string of the molecule is CCCC(=O)Oc1c(C)ccc2c1-c1cccc3c1C(C2)N(CCC)CC3. The minimum Gasteiger partial charge on any atom is -0.426 e. The first-order valence-corrected chi connectivity index (χ1v) is 10.3. The molecule has 0 N–H and O–H groups in total. The van der Waals surface area contributed by atoms with E-state index < -0.39 is 0 Å². The number of fused-ring (bicyclic) bond motifs is 2. The van der Waals surface area contributed by atoms with Gasteiger partial charge in [0.1, 0.15) is 5.75 Å². The van der Waals surface area contributed by atoms with Crippen molar-refractivity contribution in [2.45, 2.75) is 58.9 Å². The van der Waals surface area contributed by atoms with Gasteiger partial charge in [-0.3, -0.25) is 9.69 Å². The number of nitrogens with zero attached hydrogens (tertiary/aromatic N) is 1. The van der Waals surface area contributed by atoms with Crippen molar-refractivity contribution in [1.29, 1.82) is 0 Å². The lowest BCUT2D eigenvalue weighted by atomic mass is 9.76. The average molecular weight is 364 g/mol. The van der Waals surface area contributed by atoms with Gasteiger partial charge >= 0.3 is 5.97 Å². The Morgan fingerprint density at radius 1 is 1.15 bits per heavy atom. The van der Waals surface area contributed by atoms with E-state index in [1.54, 1.807) is 0 Å². The van der Waals surface area contributed by atoms with Crippen LogP contribution in [-0.2, 0) is 17.6 Å². The van der Waals surface area contributed by atoms with Crippen molar-refractivity contribution in [2.75, 3.05) is 13.1 Å². The molecule has 0 amide bonds. The van der Waals surface area contributed by atoms with E-state index in [0.29, 0.717) is 12.5 Å². The van der Waals surface area contributed by atoms with Crippen LogP contribution in [0.5, 0.6) is 5.75 Å². The molecule has 4 rings (SSSR count). The van der Waals surface area contributed by atoms with E-state index in [9.17, 15) is 4.79 Å². The van der Waals surface area contributed by atoms with Gasteiger partial charge in [-0.1, -0.05) is 44.2 Å². The summed E-state index contributed by atoms with van der Waals surface area (Å²) in [5.41, 5.74) is 7.67. The summed E-state index contributed by atoms with van der Waals surface area (Å²) in [4.78, 5) is 14.9. The maximum atomic E-state index is 12.3. The Balaban J connectivity index is 1.85. The van der Waals surface area contributed by atoms with Crippen molar-refractivity contribution in [3.05, 3.63) is 52.6 Å². The van der Waals surface area contributed by atoms with E-state index in [1.165, 1.54) is 28.7 Å². The van der Waals surface area contributed by atoms with E-state index in [1.807, 2.05) is 13.8 Å². The number of carbonyl (C=O) groups is 1. The lowest BCUT2D eigenvalue weighted by Gasteiger charge is -2.42. The first-order chi connectivity index (χ1) is 13.1. The molecule has 142 valence electrons. The minimum absolute atomic E-state index is 0.131. The zero-order valence-corrected chi connectivity index (χ0v) is 16.7. The third-order valence-electron chi connectivity index (χ3n) is 5.94. The van der Waals surface area contributed by atoms with Gasteiger partial charge in [-0.2, -0.15) is 0 Å². The van der Waals surface area contributed by atoms with Crippen LogP contribution in [-0.4, -0.2) is 24.0 Å². The monoisotopic (exact) mass is 363 g/mol. The Labute approximate surface area is 162 Å². The zero-order chi connectivity index (χ0) is 19.0. The second-order valence-electron chi connectivity index (χ2n) is 7.85. The number of esters is 1. The Kier molecular flexibility index (Phi) is 5.05. The van der Waals surface area contributed by atoms with Crippen molar-refractivity contribution in [2.24, 2.45) is 0 Å². The first kappa shape index (κ1) is 18.2. The minimum atomic E-state index is -0.131. The highest BCUT2D eigenvalue weighted by molar-refractivity contribution is 5.84. The second kappa shape index (κ2) is 7.47. The molecule has 0 fully saturated rings. The van der Waals surface area contributed by atoms with Gasteiger partial charge in [0.25, 0.3) is 0 Å². The van der Waals surface area contributed by atoms with E-state index in [0.717, 1.165) is 49.2 Å². The van der Waals surface area contributed by atoms with Crippen LogP contribution in [0.4, 0.5) is 0 Å². The highest BCUT2D eigenvalue weighted by atomic mass is 16.5. The molecule has 27 heavy (non-hydrogen) atoms. The van der Waals surface area contributed by atoms with Crippen molar-refractivity contribution >= 4 is 5.97 Å². The smallest absolute Gasteiger partial charge is 0.311 e. The van der Waals surface area contributed by atoms with E-state index in [2.05, 4.69) is 42.2 Å². The Bertz CT molecular complexity index is 871. The average Bonchev–Trinajstić information content (AvgIpc) is 2.66. The second-order valence-corrected chi connectivity index (χ2v) is 7.85. The molecule has 0 saturated heterocycles. The van der Waals surface area contributed by atoms with Crippen LogP contribution in [0.15, 0.2) is 30.3 Å². The summed E-state index contributed by atoms with van der Waals surface area (Å²) in [6.45, 7) is 8.58. The van der Waals surface area contributed by atoms with Crippen molar-refractivity contribution in [3.63, 3.8) is 0 Å². The van der Waals surface area contributed by atoms with Crippen LogP contribution in [0.25, 0.3) is 11.1 Å². The maximum absolute atomic E-state index is 12.3. The van der Waals surface area contributed by atoms with Gasteiger partial charge in [0.2, 0.25) is 0 Å². The summed E-state index contributed by atoms with van der Waals surface area (Å²) >= 11 is 0. The number of ether oxygens (including phenoxy) is 1. The molecule has 0 bridgehead atoms. The summed E-state index contributed by atoms with van der Waals surface area (Å²) in [6, 6.07) is 11.4. The molecule has 2 aromatic rings. The Morgan fingerprint density at radius 2 is 2.00 bits per heavy atom. The molecule has 0 saturated carbocycles. The van der Waals surface area contributed by atoms with Crippen LogP contribution >= 0.6 is 0 Å². The summed E-state index contributed by atoms with van der Waals surface area (Å²) < 4.78 is 5.89. The highest BCUT2D eigenvalue weighted by Crippen LogP contribution is 2.49. The molecular formula is C24H29NO2. The molecule has 0 spiro atoms. The van der Waals surface area contributed by atoms with Crippen LogP contribution in [0, 0.1) is 6.92 Å². The lowest BCUT2D eigenvalue weighted by Crippen LogP contribution is -2.38. The normalized spacial score (nSPS) is 18.0.